The lowest BCUT2D eigenvalue weighted by molar-refractivity contribution is 0.393. The summed E-state index contributed by atoms with van der Waals surface area (Å²) in [5.74, 6) is 2.17. The number of ether oxygens (including phenoxy) is 2. The van der Waals surface area contributed by atoms with Crippen LogP contribution in [0, 0.1) is 0 Å². The topological polar surface area (TPSA) is 98.9 Å². The number of aromatic nitrogens is 4. The Morgan fingerprint density at radius 2 is 1.33 bits per heavy atom. The van der Waals surface area contributed by atoms with E-state index in [1.54, 1.807) is 20.5 Å². The van der Waals surface area contributed by atoms with Gasteiger partial charge < -0.3 is 20.2 Å². The third-order valence-electron chi connectivity index (χ3n) is 5.88. The van der Waals surface area contributed by atoms with Crippen molar-refractivity contribution in [3.63, 3.8) is 0 Å². The zero-order valence-electron chi connectivity index (χ0n) is 18.3. The molecule has 2 heterocycles. The van der Waals surface area contributed by atoms with Gasteiger partial charge in [-0.1, -0.05) is 66.7 Å². The molecular weight excluding hydrogens is 414 g/mol. The number of nitrogens with one attached hydrogen (secondary N) is 1. The maximum absolute atomic E-state index is 6.39. The Morgan fingerprint density at radius 3 is 1.94 bits per heavy atom. The van der Waals surface area contributed by atoms with Crippen LogP contribution in [0.4, 0.5) is 5.82 Å². The van der Waals surface area contributed by atoms with Crippen molar-refractivity contribution >= 4 is 17.0 Å². The SMILES string of the molecule is COc1ccccc1C(c1ccccc1)(c1nc(N)c2[nH]cnc2n1)c1ccccc1OC. The molecule has 0 radical (unpaired) electrons. The monoisotopic (exact) mass is 437 g/mol. The molecule has 7 heteroatoms. The van der Waals surface area contributed by atoms with Crippen molar-refractivity contribution in [3.05, 3.63) is 108 Å². The maximum atomic E-state index is 6.39. The van der Waals surface area contributed by atoms with Crippen LogP contribution in [0.1, 0.15) is 22.5 Å². The van der Waals surface area contributed by atoms with E-state index in [1.807, 2.05) is 78.9 Å². The van der Waals surface area contributed by atoms with E-state index in [4.69, 9.17) is 25.2 Å². The van der Waals surface area contributed by atoms with Crippen LogP contribution in [0.15, 0.2) is 85.2 Å². The Balaban J connectivity index is 2.01. The summed E-state index contributed by atoms with van der Waals surface area (Å²) in [5.41, 5.74) is 9.13. The third-order valence-corrected chi connectivity index (χ3v) is 5.88. The number of H-pyrrole nitrogens is 1. The lowest BCUT2D eigenvalue weighted by Gasteiger charge is -2.36. The highest BCUT2D eigenvalue weighted by atomic mass is 16.5. The quantitative estimate of drug-likeness (QED) is 0.384. The molecule has 0 unspecified atom stereocenters. The summed E-state index contributed by atoms with van der Waals surface area (Å²) in [5, 5.41) is 0. The van der Waals surface area contributed by atoms with Crippen molar-refractivity contribution in [1.29, 1.82) is 0 Å². The maximum Gasteiger partial charge on any atom is 0.183 e. The van der Waals surface area contributed by atoms with Gasteiger partial charge >= 0.3 is 0 Å². The number of fused-ring (bicyclic) bond motifs is 1. The number of anilines is 1. The van der Waals surface area contributed by atoms with Crippen molar-refractivity contribution in [1.82, 2.24) is 19.9 Å². The van der Waals surface area contributed by atoms with Crippen LogP contribution < -0.4 is 15.2 Å². The third kappa shape index (κ3) is 3.17. The highest BCUT2D eigenvalue weighted by molar-refractivity contribution is 5.81. The van der Waals surface area contributed by atoms with E-state index in [0.29, 0.717) is 34.3 Å². The molecule has 0 aliphatic carbocycles. The molecule has 33 heavy (non-hydrogen) atoms. The number of nitrogen functional groups attached to an aromatic ring is 1. The predicted octanol–water partition coefficient (Wildman–Crippen LogP) is 4.34. The summed E-state index contributed by atoms with van der Waals surface area (Å²) in [7, 11) is 3.31. The van der Waals surface area contributed by atoms with Crippen LogP contribution in [-0.2, 0) is 5.41 Å². The van der Waals surface area contributed by atoms with E-state index in [-0.39, 0.29) is 0 Å². The van der Waals surface area contributed by atoms with Gasteiger partial charge in [-0.2, -0.15) is 0 Å². The first-order valence-corrected chi connectivity index (χ1v) is 10.5. The average Bonchev–Trinajstić information content (AvgIpc) is 3.35. The van der Waals surface area contributed by atoms with E-state index < -0.39 is 5.41 Å². The number of hydrogen-bond acceptors (Lipinski definition) is 6. The molecule has 3 aromatic carbocycles. The molecule has 0 bridgehead atoms. The standard InChI is InChI=1S/C26H23N5O2/c1-32-20-14-8-6-12-18(20)26(17-10-4-3-5-11-17,19-13-7-9-15-21(19)33-2)25-30-23(27)22-24(31-25)29-16-28-22/h3-16H,1-2H3,(H3,27,28,29,30,31). The molecule has 0 atom stereocenters. The smallest absolute Gasteiger partial charge is 0.183 e. The van der Waals surface area contributed by atoms with Gasteiger partial charge in [-0.3, -0.25) is 0 Å². The molecule has 0 amide bonds. The molecule has 0 aliphatic rings. The van der Waals surface area contributed by atoms with E-state index in [2.05, 4.69) is 9.97 Å². The van der Waals surface area contributed by atoms with E-state index in [0.717, 1.165) is 16.7 Å². The summed E-state index contributed by atoms with van der Waals surface area (Å²) in [4.78, 5) is 17.1. The molecule has 7 nitrogen and oxygen atoms in total. The van der Waals surface area contributed by atoms with Gasteiger partial charge in [0, 0.05) is 11.1 Å². The van der Waals surface area contributed by atoms with Gasteiger partial charge in [-0.05, 0) is 17.7 Å². The normalized spacial score (nSPS) is 11.5. The van der Waals surface area contributed by atoms with E-state index in [1.165, 1.54) is 0 Å². The fourth-order valence-corrected chi connectivity index (χ4v) is 4.45. The van der Waals surface area contributed by atoms with Crippen molar-refractivity contribution in [2.45, 2.75) is 5.41 Å². The van der Waals surface area contributed by atoms with Crippen LogP contribution in [0.25, 0.3) is 11.2 Å². The second-order valence-electron chi connectivity index (χ2n) is 7.55. The van der Waals surface area contributed by atoms with Crippen molar-refractivity contribution in [3.8, 4) is 11.5 Å². The molecule has 0 aliphatic heterocycles. The molecule has 0 saturated carbocycles. The molecule has 0 fully saturated rings. The fraction of sp³-hybridized carbons (Fsp3) is 0.115. The summed E-state index contributed by atoms with van der Waals surface area (Å²) in [6, 6.07) is 25.8. The van der Waals surface area contributed by atoms with Gasteiger partial charge in [0.25, 0.3) is 0 Å². The Hall–Kier alpha value is -4.39. The molecule has 0 spiro atoms. The molecule has 5 rings (SSSR count). The summed E-state index contributed by atoms with van der Waals surface area (Å²) in [6.45, 7) is 0. The number of aromatic amines is 1. The Morgan fingerprint density at radius 1 is 0.758 bits per heavy atom. The highest BCUT2D eigenvalue weighted by Crippen LogP contribution is 2.50. The Labute approximate surface area is 191 Å². The van der Waals surface area contributed by atoms with Gasteiger partial charge in [0.1, 0.15) is 22.4 Å². The van der Waals surface area contributed by atoms with Gasteiger partial charge in [-0.15, -0.1) is 0 Å². The lowest BCUT2D eigenvalue weighted by Crippen LogP contribution is -2.34. The number of nitrogens with two attached hydrogens (primary N) is 1. The number of imidazole rings is 1. The fourth-order valence-electron chi connectivity index (χ4n) is 4.45. The number of methoxy groups -OCH3 is 2. The van der Waals surface area contributed by atoms with Gasteiger partial charge in [0.15, 0.2) is 17.3 Å². The first-order valence-electron chi connectivity index (χ1n) is 10.5. The Kier molecular flexibility index (Phi) is 5.14. The number of rotatable bonds is 6. The minimum absolute atomic E-state index is 0.317. The molecule has 164 valence electrons. The summed E-state index contributed by atoms with van der Waals surface area (Å²) < 4.78 is 11.7. The van der Waals surface area contributed by atoms with Crippen molar-refractivity contribution < 1.29 is 9.47 Å². The number of para-hydroxylation sites is 2. The lowest BCUT2D eigenvalue weighted by atomic mass is 9.68. The van der Waals surface area contributed by atoms with Gasteiger partial charge in [0.2, 0.25) is 0 Å². The predicted molar refractivity (Wildman–Crippen MR) is 128 cm³/mol. The number of nitrogens with zero attached hydrogens (tertiary/aromatic N) is 3. The van der Waals surface area contributed by atoms with Crippen LogP contribution in [-0.4, -0.2) is 34.2 Å². The van der Waals surface area contributed by atoms with Crippen LogP contribution in [0.5, 0.6) is 11.5 Å². The van der Waals surface area contributed by atoms with Crippen molar-refractivity contribution in [2.75, 3.05) is 20.0 Å². The first-order chi connectivity index (χ1) is 16.2. The van der Waals surface area contributed by atoms with Crippen molar-refractivity contribution in [2.24, 2.45) is 0 Å². The molecular formula is C26H23N5O2. The van der Waals surface area contributed by atoms with Gasteiger partial charge in [0.05, 0.1) is 20.5 Å². The Bertz CT molecular complexity index is 1370. The second-order valence-corrected chi connectivity index (χ2v) is 7.55. The van der Waals surface area contributed by atoms with Crippen LogP contribution >= 0.6 is 0 Å². The average molecular weight is 438 g/mol. The zero-order chi connectivity index (χ0) is 22.8. The minimum atomic E-state index is -0.998. The highest BCUT2D eigenvalue weighted by Gasteiger charge is 2.45. The molecule has 3 N–H and O–H groups in total. The molecule has 2 aromatic heterocycles. The second kappa shape index (κ2) is 8.27. The molecule has 5 aromatic rings. The van der Waals surface area contributed by atoms with Crippen LogP contribution in [0.3, 0.4) is 0 Å². The van der Waals surface area contributed by atoms with Gasteiger partial charge in [-0.25, -0.2) is 15.0 Å². The minimum Gasteiger partial charge on any atom is -0.496 e. The molecule has 0 saturated heterocycles. The van der Waals surface area contributed by atoms with E-state index in [9.17, 15) is 0 Å². The first kappa shape index (κ1) is 20.5. The largest absolute Gasteiger partial charge is 0.496 e. The zero-order valence-corrected chi connectivity index (χ0v) is 18.3. The number of benzene rings is 3. The van der Waals surface area contributed by atoms with Crippen LogP contribution in [0.2, 0.25) is 0 Å². The summed E-state index contributed by atoms with van der Waals surface area (Å²) >= 11 is 0. The van der Waals surface area contributed by atoms with E-state index >= 15 is 0 Å². The number of hydrogen-bond donors (Lipinski definition) is 2. The summed E-state index contributed by atoms with van der Waals surface area (Å²) in [6.07, 6.45) is 1.57.